The van der Waals surface area contributed by atoms with Crippen LogP contribution in [0.2, 0.25) is 0 Å². The van der Waals surface area contributed by atoms with E-state index in [9.17, 15) is 18.0 Å². The molecule has 0 aliphatic carbocycles. The first-order valence-electron chi connectivity index (χ1n) is 8.90. The monoisotopic (exact) mass is 407 g/mol. The zero-order chi connectivity index (χ0) is 21.2. The van der Waals surface area contributed by atoms with Crippen molar-refractivity contribution in [3.63, 3.8) is 0 Å². The van der Waals surface area contributed by atoms with Gasteiger partial charge < -0.3 is 10.1 Å². The van der Waals surface area contributed by atoms with Gasteiger partial charge in [-0.1, -0.05) is 0 Å². The summed E-state index contributed by atoms with van der Waals surface area (Å²) in [6, 6.07) is 3.37. The molecule has 3 rings (SSSR count). The summed E-state index contributed by atoms with van der Waals surface area (Å²) in [5.41, 5.74) is 2.12. The standard InChI is InChI=1S/C19H20F3N5O2/c1-11(2)25-17(28)16-14-9-27(26-15(14)4-5-23-16)8-13-6-12(3)18(24-7-13)29-10-19(20,21)22/h4-7,9,11H,8,10H2,1-3H3,(H,25,28). The summed E-state index contributed by atoms with van der Waals surface area (Å²) in [4.78, 5) is 20.5. The van der Waals surface area contributed by atoms with E-state index < -0.39 is 12.8 Å². The maximum absolute atomic E-state index is 12.3. The molecule has 7 nitrogen and oxygen atoms in total. The first kappa shape index (κ1) is 20.6. The molecular formula is C19H20F3N5O2. The molecule has 29 heavy (non-hydrogen) atoms. The number of nitrogens with zero attached hydrogens (tertiary/aromatic N) is 4. The molecule has 3 aromatic rings. The molecule has 0 unspecified atom stereocenters. The van der Waals surface area contributed by atoms with E-state index in [1.165, 1.54) is 12.4 Å². The Morgan fingerprint density at radius 2 is 2.07 bits per heavy atom. The molecule has 1 amide bonds. The lowest BCUT2D eigenvalue weighted by Crippen LogP contribution is -2.30. The first-order valence-corrected chi connectivity index (χ1v) is 8.90. The van der Waals surface area contributed by atoms with Gasteiger partial charge in [-0.05, 0) is 38.5 Å². The molecular weight excluding hydrogens is 387 g/mol. The lowest BCUT2D eigenvalue weighted by Gasteiger charge is -2.11. The Kier molecular flexibility index (Phi) is 5.71. The number of ether oxygens (including phenoxy) is 1. The molecule has 3 heterocycles. The molecule has 10 heteroatoms. The van der Waals surface area contributed by atoms with Crippen molar-refractivity contribution in [1.29, 1.82) is 0 Å². The highest BCUT2D eigenvalue weighted by Crippen LogP contribution is 2.21. The van der Waals surface area contributed by atoms with Gasteiger partial charge in [-0.3, -0.25) is 14.5 Å². The maximum atomic E-state index is 12.3. The number of aryl methyl sites for hydroxylation is 1. The predicted octanol–water partition coefficient (Wildman–Crippen LogP) is 3.26. The Morgan fingerprint density at radius 3 is 2.72 bits per heavy atom. The van der Waals surface area contributed by atoms with Gasteiger partial charge in [0.15, 0.2) is 6.61 Å². The van der Waals surface area contributed by atoms with Gasteiger partial charge in [-0.15, -0.1) is 0 Å². The van der Waals surface area contributed by atoms with Crippen molar-refractivity contribution in [2.45, 2.75) is 39.5 Å². The second-order valence-electron chi connectivity index (χ2n) is 6.92. The Hall–Kier alpha value is -3.17. The SMILES string of the molecule is Cc1cc(Cn2cc3c(C(=O)NC(C)C)nccc3n2)cnc1OCC(F)(F)F. The molecule has 1 N–H and O–H groups in total. The summed E-state index contributed by atoms with van der Waals surface area (Å²) in [6.45, 7) is 4.28. The average molecular weight is 407 g/mol. The van der Waals surface area contributed by atoms with Crippen LogP contribution in [-0.4, -0.2) is 44.5 Å². The number of alkyl halides is 3. The van der Waals surface area contributed by atoms with Crippen LogP contribution in [0.4, 0.5) is 13.2 Å². The minimum atomic E-state index is -4.42. The van der Waals surface area contributed by atoms with Gasteiger partial charge in [-0.25, -0.2) is 4.98 Å². The quantitative estimate of drug-likeness (QED) is 0.678. The van der Waals surface area contributed by atoms with Crippen LogP contribution in [0.15, 0.2) is 30.7 Å². The molecule has 154 valence electrons. The normalized spacial score (nSPS) is 11.8. The van der Waals surface area contributed by atoms with E-state index in [2.05, 4.69) is 20.4 Å². The highest BCUT2D eigenvalue weighted by Gasteiger charge is 2.29. The number of rotatable bonds is 6. The second kappa shape index (κ2) is 8.06. The topological polar surface area (TPSA) is 81.9 Å². The van der Waals surface area contributed by atoms with Crippen molar-refractivity contribution in [3.05, 3.63) is 47.5 Å². The van der Waals surface area contributed by atoms with E-state index in [1.54, 1.807) is 29.9 Å². The smallest absolute Gasteiger partial charge is 0.422 e. The van der Waals surface area contributed by atoms with Gasteiger partial charge in [0.2, 0.25) is 5.88 Å². The Bertz CT molecular complexity index is 1030. The van der Waals surface area contributed by atoms with Crippen LogP contribution in [0.25, 0.3) is 10.9 Å². The molecule has 0 saturated heterocycles. The van der Waals surface area contributed by atoms with E-state index >= 15 is 0 Å². The molecule has 3 aromatic heterocycles. The molecule has 0 atom stereocenters. The van der Waals surface area contributed by atoms with Crippen molar-refractivity contribution >= 4 is 16.8 Å². The van der Waals surface area contributed by atoms with Crippen LogP contribution in [0.1, 0.15) is 35.5 Å². The number of hydrogen-bond donors (Lipinski definition) is 1. The highest BCUT2D eigenvalue weighted by molar-refractivity contribution is 6.04. The Balaban J connectivity index is 1.80. The van der Waals surface area contributed by atoms with Crippen molar-refractivity contribution < 1.29 is 22.7 Å². The fraction of sp³-hybridized carbons (Fsp3) is 0.368. The zero-order valence-corrected chi connectivity index (χ0v) is 16.1. The number of pyridine rings is 2. The second-order valence-corrected chi connectivity index (χ2v) is 6.92. The molecule has 0 spiro atoms. The summed E-state index contributed by atoms with van der Waals surface area (Å²) < 4.78 is 43.3. The van der Waals surface area contributed by atoms with Crippen LogP contribution < -0.4 is 10.1 Å². The van der Waals surface area contributed by atoms with E-state index in [4.69, 9.17) is 4.74 Å². The molecule has 0 aromatic carbocycles. The van der Waals surface area contributed by atoms with Gasteiger partial charge in [0.05, 0.1) is 17.4 Å². The van der Waals surface area contributed by atoms with Crippen molar-refractivity contribution in [2.24, 2.45) is 0 Å². The number of halogens is 3. The Morgan fingerprint density at radius 1 is 1.31 bits per heavy atom. The van der Waals surface area contributed by atoms with Crippen LogP contribution >= 0.6 is 0 Å². The lowest BCUT2D eigenvalue weighted by atomic mass is 10.2. The molecule has 0 bridgehead atoms. The maximum Gasteiger partial charge on any atom is 0.422 e. The van der Waals surface area contributed by atoms with Crippen molar-refractivity contribution in [2.75, 3.05) is 6.61 Å². The average Bonchev–Trinajstić information content (AvgIpc) is 3.01. The van der Waals surface area contributed by atoms with Gasteiger partial charge in [0, 0.05) is 30.2 Å². The number of carbonyl (C=O) groups is 1. The number of carbonyl (C=O) groups excluding carboxylic acids is 1. The van der Waals surface area contributed by atoms with Gasteiger partial charge >= 0.3 is 6.18 Å². The number of hydrogen-bond acceptors (Lipinski definition) is 5. The van der Waals surface area contributed by atoms with Gasteiger partial charge in [0.25, 0.3) is 5.91 Å². The molecule has 0 radical (unpaired) electrons. The van der Waals surface area contributed by atoms with Crippen molar-refractivity contribution in [1.82, 2.24) is 25.1 Å². The minimum Gasteiger partial charge on any atom is -0.468 e. The van der Waals surface area contributed by atoms with Gasteiger partial charge in [0.1, 0.15) is 5.69 Å². The molecule has 0 fully saturated rings. The summed E-state index contributed by atoms with van der Waals surface area (Å²) >= 11 is 0. The number of fused-ring (bicyclic) bond motifs is 1. The van der Waals surface area contributed by atoms with E-state index in [1.807, 2.05) is 13.8 Å². The summed E-state index contributed by atoms with van der Waals surface area (Å²) in [5, 5.41) is 7.86. The predicted molar refractivity (Wildman–Crippen MR) is 99.8 cm³/mol. The fourth-order valence-electron chi connectivity index (χ4n) is 2.78. The third kappa shape index (κ3) is 5.21. The highest BCUT2D eigenvalue weighted by atomic mass is 19.4. The lowest BCUT2D eigenvalue weighted by molar-refractivity contribution is -0.154. The largest absolute Gasteiger partial charge is 0.468 e. The number of amides is 1. The third-order valence-electron chi connectivity index (χ3n) is 3.92. The summed E-state index contributed by atoms with van der Waals surface area (Å²) in [7, 11) is 0. The summed E-state index contributed by atoms with van der Waals surface area (Å²) in [6.07, 6.45) is 0.250. The van der Waals surface area contributed by atoms with Crippen LogP contribution in [0.5, 0.6) is 5.88 Å². The first-order chi connectivity index (χ1) is 13.6. The molecule has 0 saturated carbocycles. The Labute approximate surface area is 164 Å². The molecule has 0 aliphatic rings. The summed E-state index contributed by atoms with van der Waals surface area (Å²) in [5.74, 6) is -0.345. The van der Waals surface area contributed by atoms with E-state index in [-0.39, 0.29) is 23.5 Å². The molecule has 0 aliphatic heterocycles. The number of aromatic nitrogens is 4. The minimum absolute atomic E-state index is 0.0262. The number of nitrogens with one attached hydrogen (secondary N) is 1. The van der Waals surface area contributed by atoms with Crippen LogP contribution in [0, 0.1) is 6.92 Å². The van der Waals surface area contributed by atoms with E-state index in [0.717, 1.165) is 5.56 Å². The third-order valence-corrected chi connectivity index (χ3v) is 3.92. The van der Waals surface area contributed by atoms with E-state index in [0.29, 0.717) is 23.0 Å². The fourth-order valence-corrected chi connectivity index (χ4v) is 2.78. The zero-order valence-electron chi connectivity index (χ0n) is 16.1. The van der Waals surface area contributed by atoms with Crippen molar-refractivity contribution in [3.8, 4) is 5.88 Å². The van der Waals surface area contributed by atoms with Crippen LogP contribution in [-0.2, 0) is 6.54 Å². The van der Waals surface area contributed by atoms with Crippen LogP contribution in [0.3, 0.4) is 0 Å². The van der Waals surface area contributed by atoms with Gasteiger partial charge in [-0.2, -0.15) is 18.3 Å².